The predicted octanol–water partition coefficient (Wildman–Crippen LogP) is 6.10. The van der Waals surface area contributed by atoms with Crippen molar-refractivity contribution in [2.24, 2.45) is 4.99 Å². The van der Waals surface area contributed by atoms with Gasteiger partial charge in [-0.3, -0.25) is 14.7 Å². The van der Waals surface area contributed by atoms with E-state index in [1.54, 1.807) is 12.1 Å². The Morgan fingerprint density at radius 2 is 1.73 bits per heavy atom. The summed E-state index contributed by atoms with van der Waals surface area (Å²) in [6.45, 7) is 5.59. The molecule has 1 N–H and O–H groups in total. The Balaban J connectivity index is 1.44. The van der Waals surface area contributed by atoms with E-state index in [1.807, 2.05) is 55.5 Å². The fourth-order valence-corrected chi connectivity index (χ4v) is 5.03. The molecule has 0 aliphatic carbocycles. The van der Waals surface area contributed by atoms with Gasteiger partial charge in [-0.15, -0.1) is 0 Å². The number of fused-ring (bicyclic) bond motifs is 1. The van der Waals surface area contributed by atoms with Crippen LogP contribution in [0.1, 0.15) is 65.6 Å². The molecule has 2 aliphatic rings. The summed E-state index contributed by atoms with van der Waals surface area (Å²) in [4.78, 5) is 33.1. The molecule has 2 heterocycles. The highest BCUT2D eigenvalue weighted by Crippen LogP contribution is 2.37. The topological polar surface area (TPSA) is 71.0 Å². The van der Waals surface area contributed by atoms with Crippen LogP contribution in [0.2, 0.25) is 0 Å². The van der Waals surface area contributed by atoms with E-state index < -0.39 is 5.92 Å². The Kier molecular flexibility index (Phi) is 7.76. The second-order valence-electron chi connectivity index (χ2n) is 9.73. The van der Waals surface area contributed by atoms with E-state index >= 15 is 0 Å². The highest BCUT2D eigenvalue weighted by molar-refractivity contribution is 6.24. The van der Waals surface area contributed by atoms with Crippen molar-refractivity contribution in [3.8, 4) is 0 Å². The Labute approximate surface area is 218 Å². The first-order chi connectivity index (χ1) is 18.1. The minimum absolute atomic E-state index is 0.154. The number of nitrogens with one attached hydrogen (secondary N) is 1. The average molecular weight is 496 g/mol. The van der Waals surface area contributed by atoms with Crippen LogP contribution in [-0.4, -0.2) is 42.2 Å². The fraction of sp³-hybridized carbons (Fsp3) is 0.323. The van der Waals surface area contributed by atoms with Gasteiger partial charge in [0.2, 0.25) is 5.91 Å². The number of amides is 1. The van der Waals surface area contributed by atoms with Crippen LogP contribution in [0.25, 0.3) is 0 Å². The number of nitrogens with zero attached hydrogens (tertiary/aromatic N) is 2. The van der Waals surface area contributed by atoms with E-state index in [1.165, 1.54) is 24.8 Å². The van der Waals surface area contributed by atoms with Gasteiger partial charge in [0.1, 0.15) is 5.92 Å². The summed E-state index contributed by atoms with van der Waals surface area (Å²) in [6.07, 6.45) is 4.63. The number of hydrogen-bond donors (Lipinski definition) is 1. The predicted molar refractivity (Wildman–Crippen MR) is 147 cm³/mol. The van der Waals surface area contributed by atoms with Crippen LogP contribution in [0, 0.1) is 0 Å². The molecule has 1 fully saturated rings. The van der Waals surface area contributed by atoms with Gasteiger partial charge in [-0.2, -0.15) is 0 Å². The second-order valence-corrected chi connectivity index (χ2v) is 9.73. The zero-order valence-corrected chi connectivity index (χ0v) is 21.3. The van der Waals surface area contributed by atoms with E-state index in [2.05, 4.69) is 22.3 Å². The van der Waals surface area contributed by atoms with Gasteiger partial charge in [-0.05, 0) is 73.3 Å². The summed E-state index contributed by atoms with van der Waals surface area (Å²) in [5, 5.41) is 2.96. The molecule has 5 rings (SSSR count). The molecule has 3 aromatic rings. The van der Waals surface area contributed by atoms with Gasteiger partial charge in [0, 0.05) is 12.2 Å². The summed E-state index contributed by atoms with van der Waals surface area (Å²) < 4.78 is 5.27. The number of carbonyl (C=O) groups excluding carboxylic acids is 2. The molecule has 1 amide bonds. The normalized spacial score (nSPS) is 17.8. The number of likely N-dealkylation sites (tertiary alicyclic amines) is 1. The third-order valence-electron chi connectivity index (χ3n) is 6.94. The van der Waals surface area contributed by atoms with Gasteiger partial charge in [-0.1, -0.05) is 61.9 Å². The minimum Gasteiger partial charge on any atom is -0.462 e. The Hall–Kier alpha value is -3.77. The monoisotopic (exact) mass is 495 g/mol. The maximum atomic E-state index is 13.3. The van der Waals surface area contributed by atoms with Crippen LogP contribution in [-0.2, 0) is 16.1 Å². The van der Waals surface area contributed by atoms with Gasteiger partial charge < -0.3 is 10.1 Å². The molecule has 37 heavy (non-hydrogen) atoms. The lowest BCUT2D eigenvalue weighted by Gasteiger charge is -2.26. The van der Waals surface area contributed by atoms with Crippen LogP contribution in [0.15, 0.2) is 77.8 Å². The molecule has 6 heteroatoms. The third-order valence-corrected chi connectivity index (χ3v) is 6.94. The lowest BCUT2D eigenvalue weighted by Crippen LogP contribution is -2.28. The summed E-state index contributed by atoms with van der Waals surface area (Å²) in [5.41, 5.74) is 5.51. The van der Waals surface area contributed by atoms with E-state index in [-0.39, 0.29) is 11.9 Å². The van der Waals surface area contributed by atoms with Crippen LogP contribution < -0.4 is 5.32 Å². The standard InChI is InChI=1S/C31H33N3O3/c1-2-19-37-31(36)24-13-16-26-27(20-24)33-30(35)28(26)29(23-9-5-3-6-10-23)32-25-14-11-22(12-15-25)21-34-17-7-4-8-18-34/h3,5-6,9-16,20,28H,2,4,7-8,17-19,21H2,1H3,(H,33,35). The highest BCUT2D eigenvalue weighted by Gasteiger charge is 2.36. The van der Waals surface area contributed by atoms with Crippen LogP contribution in [0.3, 0.4) is 0 Å². The molecular weight excluding hydrogens is 462 g/mol. The second kappa shape index (κ2) is 11.5. The van der Waals surface area contributed by atoms with Gasteiger partial charge in [0.15, 0.2) is 0 Å². The Morgan fingerprint density at radius 1 is 0.973 bits per heavy atom. The maximum Gasteiger partial charge on any atom is 0.338 e. The van der Waals surface area contributed by atoms with E-state index in [4.69, 9.17) is 9.73 Å². The fourth-order valence-electron chi connectivity index (χ4n) is 5.03. The summed E-state index contributed by atoms with van der Waals surface area (Å²) in [7, 11) is 0. The third kappa shape index (κ3) is 5.81. The number of hydrogen-bond acceptors (Lipinski definition) is 5. The smallest absolute Gasteiger partial charge is 0.338 e. The molecule has 0 saturated carbocycles. The first-order valence-electron chi connectivity index (χ1n) is 13.2. The number of aliphatic imine (C=N–C) groups is 1. The highest BCUT2D eigenvalue weighted by atomic mass is 16.5. The molecule has 0 bridgehead atoms. The molecule has 1 atom stereocenters. The molecule has 6 nitrogen and oxygen atoms in total. The van der Waals surface area contributed by atoms with E-state index in [0.717, 1.165) is 42.9 Å². The zero-order valence-electron chi connectivity index (χ0n) is 21.3. The van der Waals surface area contributed by atoms with Crippen molar-refractivity contribution in [1.82, 2.24) is 4.90 Å². The number of ether oxygens (including phenoxy) is 1. The lowest BCUT2D eigenvalue weighted by molar-refractivity contribution is -0.115. The number of benzene rings is 3. The van der Waals surface area contributed by atoms with Crippen LogP contribution in [0.4, 0.5) is 11.4 Å². The van der Waals surface area contributed by atoms with Gasteiger partial charge in [-0.25, -0.2) is 4.79 Å². The average Bonchev–Trinajstić information content (AvgIpc) is 3.27. The summed E-state index contributed by atoms with van der Waals surface area (Å²) in [5.74, 6) is -1.12. The number of carbonyl (C=O) groups is 2. The van der Waals surface area contributed by atoms with Crippen LogP contribution in [0.5, 0.6) is 0 Å². The number of piperidine rings is 1. The summed E-state index contributed by atoms with van der Waals surface area (Å²) in [6, 6.07) is 23.4. The Morgan fingerprint density at radius 3 is 2.46 bits per heavy atom. The largest absolute Gasteiger partial charge is 0.462 e. The SMILES string of the molecule is CCCOC(=O)c1ccc2c(c1)NC(=O)C2C(=Nc1ccc(CN2CCCCC2)cc1)c1ccccc1. The van der Waals surface area contributed by atoms with Gasteiger partial charge in [0.05, 0.1) is 23.6 Å². The van der Waals surface area contributed by atoms with Crippen molar-refractivity contribution >= 4 is 29.0 Å². The molecule has 0 aromatic heterocycles. The first-order valence-corrected chi connectivity index (χ1v) is 13.2. The van der Waals surface area contributed by atoms with Crippen molar-refractivity contribution < 1.29 is 14.3 Å². The molecule has 1 saturated heterocycles. The van der Waals surface area contributed by atoms with E-state index in [0.29, 0.717) is 23.6 Å². The zero-order chi connectivity index (χ0) is 25.6. The number of anilines is 1. The molecule has 0 radical (unpaired) electrons. The van der Waals surface area contributed by atoms with Crippen molar-refractivity contribution in [2.75, 3.05) is 25.0 Å². The molecule has 2 aliphatic heterocycles. The maximum absolute atomic E-state index is 13.3. The van der Waals surface area contributed by atoms with Crippen LogP contribution >= 0.6 is 0 Å². The Bertz CT molecular complexity index is 1280. The van der Waals surface area contributed by atoms with Crippen molar-refractivity contribution in [3.05, 3.63) is 95.1 Å². The van der Waals surface area contributed by atoms with Crippen molar-refractivity contribution in [3.63, 3.8) is 0 Å². The lowest BCUT2D eigenvalue weighted by atomic mass is 9.90. The summed E-state index contributed by atoms with van der Waals surface area (Å²) >= 11 is 0. The quantitative estimate of drug-likeness (QED) is 0.303. The minimum atomic E-state index is -0.578. The number of rotatable bonds is 8. The molecule has 190 valence electrons. The first kappa shape index (κ1) is 24.9. The molecular formula is C31H33N3O3. The number of esters is 1. The van der Waals surface area contributed by atoms with Gasteiger partial charge >= 0.3 is 5.97 Å². The molecule has 3 aromatic carbocycles. The van der Waals surface area contributed by atoms with Crippen molar-refractivity contribution in [1.29, 1.82) is 0 Å². The van der Waals surface area contributed by atoms with Gasteiger partial charge in [0.25, 0.3) is 0 Å². The molecule has 1 unspecified atom stereocenters. The van der Waals surface area contributed by atoms with Crippen molar-refractivity contribution in [2.45, 2.75) is 45.1 Å². The van der Waals surface area contributed by atoms with E-state index in [9.17, 15) is 9.59 Å². The molecule has 0 spiro atoms.